The zero-order valence-electron chi connectivity index (χ0n) is 12.4. The molecule has 2 saturated heterocycles. The Balaban J connectivity index is 1.62. The molecule has 6 heteroatoms. The van der Waals surface area contributed by atoms with Gasteiger partial charge in [0.15, 0.2) is 5.79 Å². The Kier molecular flexibility index (Phi) is 5.77. The number of rotatable bonds is 6. The van der Waals surface area contributed by atoms with E-state index >= 15 is 0 Å². The Labute approximate surface area is 120 Å². The molecule has 6 nitrogen and oxygen atoms in total. The minimum absolute atomic E-state index is 0.0663. The van der Waals surface area contributed by atoms with Gasteiger partial charge in [-0.05, 0) is 6.92 Å². The van der Waals surface area contributed by atoms with E-state index in [0.29, 0.717) is 45.9 Å². The van der Waals surface area contributed by atoms with E-state index in [1.54, 1.807) is 7.11 Å². The third-order valence-corrected chi connectivity index (χ3v) is 3.91. The largest absolute Gasteiger partial charge is 0.379 e. The fraction of sp³-hybridized carbons (Fsp3) is 0.929. The van der Waals surface area contributed by atoms with E-state index in [1.165, 1.54) is 0 Å². The first-order valence-corrected chi connectivity index (χ1v) is 7.31. The van der Waals surface area contributed by atoms with Crippen LogP contribution in [-0.4, -0.2) is 69.3 Å². The molecule has 0 aromatic carbocycles. The molecule has 0 aliphatic carbocycles. The SMILES string of the molecule is COC(C)COCCC(=O)N1CCC2(CC1)OCCO2. The van der Waals surface area contributed by atoms with E-state index < -0.39 is 5.79 Å². The van der Waals surface area contributed by atoms with Gasteiger partial charge in [-0.25, -0.2) is 0 Å². The molecular formula is C14H25NO5. The highest BCUT2D eigenvalue weighted by molar-refractivity contribution is 5.76. The van der Waals surface area contributed by atoms with Crippen LogP contribution in [0.25, 0.3) is 0 Å². The summed E-state index contributed by atoms with van der Waals surface area (Å²) in [4.78, 5) is 13.9. The highest BCUT2D eigenvalue weighted by Gasteiger charge is 2.40. The predicted molar refractivity (Wildman–Crippen MR) is 72.4 cm³/mol. The molecule has 0 radical (unpaired) electrons. The molecule has 2 aliphatic rings. The van der Waals surface area contributed by atoms with Gasteiger partial charge in [-0.3, -0.25) is 4.79 Å². The van der Waals surface area contributed by atoms with Crippen LogP contribution in [-0.2, 0) is 23.7 Å². The molecule has 0 aromatic rings. The minimum atomic E-state index is -0.415. The lowest BCUT2D eigenvalue weighted by Crippen LogP contribution is -2.47. The van der Waals surface area contributed by atoms with Gasteiger partial charge in [0.25, 0.3) is 0 Å². The zero-order valence-corrected chi connectivity index (χ0v) is 12.4. The summed E-state index contributed by atoms with van der Waals surface area (Å²) in [7, 11) is 1.65. The number of carbonyl (C=O) groups excluding carboxylic acids is 1. The molecule has 1 spiro atoms. The molecule has 1 atom stereocenters. The van der Waals surface area contributed by atoms with Crippen LogP contribution in [0.2, 0.25) is 0 Å². The van der Waals surface area contributed by atoms with Crippen LogP contribution in [0.15, 0.2) is 0 Å². The van der Waals surface area contributed by atoms with Gasteiger partial charge in [-0.15, -0.1) is 0 Å². The van der Waals surface area contributed by atoms with E-state index in [0.717, 1.165) is 12.8 Å². The summed E-state index contributed by atoms with van der Waals surface area (Å²) >= 11 is 0. The number of ether oxygens (including phenoxy) is 4. The molecule has 0 saturated carbocycles. The maximum absolute atomic E-state index is 12.0. The first kappa shape index (κ1) is 15.7. The summed E-state index contributed by atoms with van der Waals surface area (Å²) in [5, 5.41) is 0. The normalized spacial score (nSPS) is 23.2. The summed E-state index contributed by atoms with van der Waals surface area (Å²) in [5.41, 5.74) is 0. The van der Waals surface area contributed by atoms with Gasteiger partial charge in [-0.2, -0.15) is 0 Å². The smallest absolute Gasteiger partial charge is 0.224 e. The minimum Gasteiger partial charge on any atom is -0.379 e. The Morgan fingerprint density at radius 2 is 1.95 bits per heavy atom. The van der Waals surface area contributed by atoms with Crippen LogP contribution in [0.5, 0.6) is 0 Å². The molecule has 2 rings (SSSR count). The van der Waals surface area contributed by atoms with Crippen molar-refractivity contribution >= 4 is 5.91 Å². The van der Waals surface area contributed by atoms with Crippen LogP contribution in [0, 0.1) is 0 Å². The van der Waals surface area contributed by atoms with E-state index in [2.05, 4.69) is 0 Å². The van der Waals surface area contributed by atoms with E-state index in [9.17, 15) is 4.79 Å². The first-order chi connectivity index (χ1) is 9.65. The van der Waals surface area contributed by atoms with Crippen LogP contribution in [0.4, 0.5) is 0 Å². The maximum atomic E-state index is 12.0. The molecule has 1 amide bonds. The van der Waals surface area contributed by atoms with Gasteiger partial charge >= 0.3 is 0 Å². The predicted octanol–water partition coefficient (Wildman–Crippen LogP) is 0.794. The summed E-state index contributed by atoms with van der Waals surface area (Å²) in [6, 6.07) is 0. The molecule has 0 aromatic heterocycles. The van der Waals surface area contributed by atoms with Gasteiger partial charge in [0.2, 0.25) is 5.91 Å². The molecule has 0 bridgehead atoms. The number of hydrogen-bond acceptors (Lipinski definition) is 5. The number of likely N-dealkylation sites (tertiary alicyclic amines) is 1. The molecule has 2 fully saturated rings. The Bertz CT molecular complexity index is 307. The summed E-state index contributed by atoms with van der Waals surface area (Å²) < 4.78 is 21.8. The Hall–Kier alpha value is -0.690. The van der Waals surface area contributed by atoms with E-state index in [-0.39, 0.29) is 12.0 Å². The van der Waals surface area contributed by atoms with Crippen molar-refractivity contribution in [1.29, 1.82) is 0 Å². The molecule has 2 aliphatic heterocycles. The van der Waals surface area contributed by atoms with Crippen molar-refractivity contribution in [2.24, 2.45) is 0 Å². The third kappa shape index (κ3) is 4.15. The van der Waals surface area contributed by atoms with Gasteiger partial charge in [0, 0.05) is 33.0 Å². The third-order valence-electron chi connectivity index (χ3n) is 3.91. The first-order valence-electron chi connectivity index (χ1n) is 7.31. The lowest BCUT2D eigenvalue weighted by atomic mass is 10.0. The fourth-order valence-electron chi connectivity index (χ4n) is 2.52. The quantitative estimate of drug-likeness (QED) is 0.676. The van der Waals surface area contributed by atoms with Gasteiger partial charge in [0.05, 0.1) is 39.0 Å². The second kappa shape index (κ2) is 7.36. The molecule has 0 N–H and O–H groups in total. The topological polar surface area (TPSA) is 57.2 Å². The number of hydrogen-bond donors (Lipinski definition) is 0. The van der Waals surface area contributed by atoms with Crippen molar-refractivity contribution in [2.45, 2.75) is 38.1 Å². The molecule has 20 heavy (non-hydrogen) atoms. The van der Waals surface area contributed by atoms with Gasteiger partial charge < -0.3 is 23.8 Å². The van der Waals surface area contributed by atoms with Gasteiger partial charge in [-0.1, -0.05) is 0 Å². The summed E-state index contributed by atoms with van der Waals surface area (Å²) in [5.74, 6) is -0.274. The zero-order chi connectivity index (χ0) is 14.4. The highest BCUT2D eigenvalue weighted by Crippen LogP contribution is 2.31. The Morgan fingerprint density at radius 1 is 1.30 bits per heavy atom. The monoisotopic (exact) mass is 287 g/mol. The van der Waals surface area contributed by atoms with Crippen LogP contribution in [0.1, 0.15) is 26.2 Å². The second-order valence-electron chi connectivity index (χ2n) is 5.36. The van der Waals surface area contributed by atoms with Crippen molar-refractivity contribution in [1.82, 2.24) is 4.90 Å². The van der Waals surface area contributed by atoms with Crippen molar-refractivity contribution in [3.05, 3.63) is 0 Å². The summed E-state index contributed by atoms with van der Waals surface area (Å²) in [6.45, 7) is 5.64. The Morgan fingerprint density at radius 3 is 2.55 bits per heavy atom. The van der Waals surface area contributed by atoms with E-state index in [1.807, 2.05) is 11.8 Å². The van der Waals surface area contributed by atoms with Crippen molar-refractivity contribution < 1.29 is 23.7 Å². The number of carbonyl (C=O) groups is 1. The number of nitrogens with zero attached hydrogens (tertiary/aromatic N) is 1. The van der Waals surface area contributed by atoms with Gasteiger partial charge in [0.1, 0.15) is 0 Å². The fourth-order valence-corrected chi connectivity index (χ4v) is 2.52. The number of piperidine rings is 1. The average molecular weight is 287 g/mol. The molecular weight excluding hydrogens is 262 g/mol. The molecule has 2 heterocycles. The van der Waals surface area contributed by atoms with Crippen LogP contribution >= 0.6 is 0 Å². The van der Waals surface area contributed by atoms with Crippen molar-refractivity contribution in [3.8, 4) is 0 Å². The second-order valence-corrected chi connectivity index (χ2v) is 5.36. The number of methoxy groups -OCH3 is 1. The molecule has 116 valence electrons. The van der Waals surface area contributed by atoms with Crippen molar-refractivity contribution in [2.75, 3.05) is 46.6 Å². The van der Waals surface area contributed by atoms with Crippen LogP contribution in [0.3, 0.4) is 0 Å². The maximum Gasteiger partial charge on any atom is 0.224 e. The molecule has 1 unspecified atom stereocenters. The lowest BCUT2D eigenvalue weighted by molar-refractivity contribution is -0.187. The van der Waals surface area contributed by atoms with Crippen molar-refractivity contribution in [3.63, 3.8) is 0 Å². The lowest BCUT2D eigenvalue weighted by Gasteiger charge is -2.37. The number of amides is 1. The summed E-state index contributed by atoms with van der Waals surface area (Å²) in [6.07, 6.45) is 2.02. The van der Waals surface area contributed by atoms with E-state index in [4.69, 9.17) is 18.9 Å². The highest BCUT2D eigenvalue weighted by atomic mass is 16.7. The average Bonchev–Trinajstić information content (AvgIpc) is 2.92. The standard InChI is InChI=1S/C14H25NO5/c1-12(17-2)11-18-8-3-13(16)15-6-4-14(5-7-15)19-9-10-20-14/h12H,3-11H2,1-2H3. The van der Waals surface area contributed by atoms with Crippen LogP contribution < -0.4 is 0 Å².